The molecule has 0 saturated carbocycles. The van der Waals surface area contributed by atoms with Crippen LogP contribution in [0.3, 0.4) is 0 Å². The molecule has 29 heavy (non-hydrogen) atoms. The maximum absolute atomic E-state index is 13.1. The number of rotatable bonds is 6. The number of nitrogens with zero attached hydrogens (tertiary/aromatic N) is 3. The van der Waals surface area contributed by atoms with Gasteiger partial charge in [0.15, 0.2) is 0 Å². The molecule has 3 aromatic rings. The number of nitrogens with one attached hydrogen (secondary N) is 1. The van der Waals surface area contributed by atoms with Crippen molar-refractivity contribution >= 4 is 35.8 Å². The van der Waals surface area contributed by atoms with Crippen molar-refractivity contribution in [3.8, 4) is 0 Å². The summed E-state index contributed by atoms with van der Waals surface area (Å²) in [6.07, 6.45) is 3.44. The van der Waals surface area contributed by atoms with Gasteiger partial charge in [-0.05, 0) is 43.3 Å². The number of nitrogen functional groups attached to an aromatic ring is 1. The third-order valence-corrected chi connectivity index (χ3v) is 4.60. The highest BCUT2D eigenvalue weighted by Gasteiger charge is 2.20. The van der Waals surface area contributed by atoms with Gasteiger partial charge in [0.1, 0.15) is 6.67 Å². The van der Waals surface area contributed by atoms with Crippen LogP contribution in [0.5, 0.6) is 0 Å². The van der Waals surface area contributed by atoms with Gasteiger partial charge in [-0.15, -0.1) is 12.6 Å². The summed E-state index contributed by atoms with van der Waals surface area (Å²) >= 11 is 4.32. The highest BCUT2D eigenvalue weighted by Crippen LogP contribution is 2.23. The molecule has 2 amide bonds. The molecule has 0 radical (unpaired) electrons. The van der Waals surface area contributed by atoms with E-state index in [4.69, 9.17) is 5.73 Å². The first-order valence-electron chi connectivity index (χ1n) is 8.75. The van der Waals surface area contributed by atoms with Crippen molar-refractivity contribution in [2.45, 2.75) is 25.9 Å². The van der Waals surface area contributed by atoms with Crippen LogP contribution >= 0.6 is 12.6 Å². The first-order valence-corrected chi connectivity index (χ1v) is 9.20. The third kappa shape index (κ3) is 5.17. The van der Waals surface area contributed by atoms with Gasteiger partial charge in [0.2, 0.25) is 0 Å². The smallest absolute Gasteiger partial charge is 0.257 e. The number of amides is 2. The minimum Gasteiger partial charge on any atom is -0.399 e. The first-order chi connectivity index (χ1) is 13.5. The van der Waals surface area contributed by atoms with E-state index in [0.717, 1.165) is 0 Å². The number of benzene rings is 2. The van der Waals surface area contributed by atoms with Crippen LogP contribution in [0.15, 0.2) is 65.8 Å². The summed E-state index contributed by atoms with van der Waals surface area (Å²) in [5.74, 6) is -0.590. The molecule has 2 aromatic carbocycles. The Kier molecular flexibility index (Phi) is 7.44. The molecule has 0 saturated heterocycles. The van der Waals surface area contributed by atoms with Crippen LogP contribution in [0.1, 0.15) is 35.1 Å². The van der Waals surface area contributed by atoms with Crippen molar-refractivity contribution in [1.29, 1.82) is 0 Å². The van der Waals surface area contributed by atoms with Gasteiger partial charge in [-0.3, -0.25) is 14.3 Å². The van der Waals surface area contributed by atoms with Gasteiger partial charge >= 0.3 is 0 Å². The molecular formula is C21H25N5O2S. The van der Waals surface area contributed by atoms with E-state index < -0.39 is 0 Å². The fraction of sp³-hybridized carbons (Fsp3) is 0.190. The molecule has 0 aliphatic heterocycles. The number of carbonyl (C=O) groups excluding carboxylic acids is 2. The second-order valence-corrected chi connectivity index (χ2v) is 6.61. The molecule has 0 aliphatic rings. The summed E-state index contributed by atoms with van der Waals surface area (Å²) in [5, 5.41) is 6.93. The zero-order valence-corrected chi connectivity index (χ0v) is 16.3. The number of anilines is 2. The quantitative estimate of drug-likeness (QED) is 0.425. The van der Waals surface area contributed by atoms with Crippen molar-refractivity contribution < 1.29 is 9.59 Å². The van der Waals surface area contributed by atoms with Crippen molar-refractivity contribution in [2.75, 3.05) is 17.6 Å². The van der Waals surface area contributed by atoms with Gasteiger partial charge in [0.05, 0.1) is 16.8 Å². The number of aromatic nitrogens is 2. The lowest BCUT2D eigenvalue weighted by Gasteiger charge is -2.22. The fourth-order valence-corrected chi connectivity index (χ4v) is 3.01. The molecule has 0 fully saturated rings. The standard InChI is InChI=1S/C20H21N5O2S.CH4/c1-2-24(13-25-11-5-10-22-25)20(27)15-9-8-14(21)12-17(15)23-19(26)16-6-3-4-7-18(16)28;/h3-12,28H,2,13,21H2,1H3,(H,23,26);1H4. The number of hydrogen-bond acceptors (Lipinski definition) is 5. The van der Waals surface area contributed by atoms with Gasteiger partial charge in [0, 0.05) is 29.5 Å². The third-order valence-electron chi connectivity index (χ3n) is 4.21. The normalized spacial score (nSPS) is 10.1. The number of nitrogens with two attached hydrogens (primary N) is 1. The summed E-state index contributed by atoms with van der Waals surface area (Å²) in [5.41, 5.74) is 7.45. The molecule has 0 spiro atoms. The van der Waals surface area contributed by atoms with E-state index in [2.05, 4.69) is 23.0 Å². The zero-order chi connectivity index (χ0) is 20.1. The molecule has 152 valence electrons. The monoisotopic (exact) mass is 411 g/mol. The fourth-order valence-electron chi connectivity index (χ4n) is 2.74. The summed E-state index contributed by atoms with van der Waals surface area (Å²) < 4.78 is 1.66. The van der Waals surface area contributed by atoms with Crippen LogP contribution in [-0.4, -0.2) is 33.0 Å². The Morgan fingerprint density at radius 1 is 1.17 bits per heavy atom. The van der Waals surface area contributed by atoms with Crippen LogP contribution in [0.25, 0.3) is 0 Å². The van der Waals surface area contributed by atoms with Gasteiger partial charge < -0.3 is 16.0 Å². The maximum Gasteiger partial charge on any atom is 0.257 e. The Labute approximate surface area is 175 Å². The van der Waals surface area contributed by atoms with Crippen LogP contribution in [0.4, 0.5) is 11.4 Å². The second kappa shape index (κ2) is 9.79. The Morgan fingerprint density at radius 2 is 1.93 bits per heavy atom. The van der Waals surface area contributed by atoms with Crippen molar-refractivity contribution in [1.82, 2.24) is 14.7 Å². The number of hydrogen-bond donors (Lipinski definition) is 3. The summed E-state index contributed by atoms with van der Waals surface area (Å²) in [6.45, 7) is 2.67. The topological polar surface area (TPSA) is 93.2 Å². The molecule has 0 aliphatic carbocycles. The van der Waals surface area contributed by atoms with Crippen LogP contribution in [0, 0.1) is 0 Å². The summed E-state index contributed by atoms with van der Waals surface area (Å²) in [4.78, 5) is 27.9. The predicted molar refractivity (Wildman–Crippen MR) is 118 cm³/mol. The first kappa shape index (κ1) is 22.0. The molecule has 8 heteroatoms. The molecule has 1 heterocycles. The van der Waals surface area contributed by atoms with E-state index >= 15 is 0 Å². The molecule has 1 aromatic heterocycles. The van der Waals surface area contributed by atoms with Crippen LogP contribution in [-0.2, 0) is 6.67 Å². The summed E-state index contributed by atoms with van der Waals surface area (Å²) in [7, 11) is 0. The molecule has 3 N–H and O–H groups in total. The molecular weight excluding hydrogens is 386 g/mol. The van der Waals surface area contributed by atoms with Crippen LogP contribution < -0.4 is 11.1 Å². The van der Waals surface area contributed by atoms with Gasteiger partial charge in [-0.25, -0.2) is 0 Å². The van der Waals surface area contributed by atoms with E-state index in [9.17, 15) is 9.59 Å². The number of thiol groups is 1. The molecule has 0 atom stereocenters. The lowest BCUT2D eigenvalue weighted by molar-refractivity contribution is 0.0706. The summed E-state index contributed by atoms with van der Waals surface area (Å²) in [6, 6.07) is 13.6. The van der Waals surface area contributed by atoms with Crippen molar-refractivity contribution in [3.05, 3.63) is 72.1 Å². The van der Waals surface area contributed by atoms with Gasteiger partial charge in [-0.1, -0.05) is 19.6 Å². The van der Waals surface area contributed by atoms with E-state index in [1.807, 2.05) is 6.92 Å². The minimum atomic E-state index is -0.361. The van der Waals surface area contributed by atoms with E-state index in [0.29, 0.717) is 40.6 Å². The van der Waals surface area contributed by atoms with E-state index in [1.54, 1.807) is 70.5 Å². The van der Waals surface area contributed by atoms with Gasteiger partial charge in [-0.2, -0.15) is 5.10 Å². The predicted octanol–water partition coefficient (Wildman–Crippen LogP) is 3.76. The highest BCUT2D eigenvalue weighted by molar-refractivity contribution is 7.80. The Balaban J connectivity index is 0.00000300. The van der Waals surface area contributed by atoms with Crippen molar-refractivity contribution in [2.24, 2.45) is 0 Å². The highest BCUT2D eigenvalue weighted by atomic mass is 32.1. The lowest BCUT2D eigenvalue weighted by Crippen LogP contribution is -2.33. The minimum absolute atomic E-state index is 0. The van der Waals surface area contributed by atoms with Crippen LogP contribution in [0.2, 0.25) is 0 Å². The average molecular weight is 412 g/mol. The molecule has 0 bridgehead atoms. The van der Waals surface area contributed by atoms with E-state index in [1.165, 1.54) is 0 Å². The Hall–Kier alpha value is -3.26. The zero-order valence-electron chi connectivity index (χ0n) is 15.4. The second-order valence-electron chi connectivity index (χ2n) is 6.12. The molecule has 3 rings (SSSR count). The maximum atomic E-state index is 13.1. The SMILES string of the molecule is C.CCN(Cn1cccn1)C(=O)c1ccc(N)cc1NC(=O)c1ccccc1S. The van der Waals surface area contributed by atoms with Gasteiger partial charge in [0.25, 0.3) is 11.8 Å². The lowest BCUT2D eigenvalue weighted by atomic mass is 10.1. The molecule has 7 nitrogen and oxygen atoms in total. The molecule has 0 unspecified atom stereocenters. The largest absolute Gasteiger partial charge is 0.399 e. The number of carbonyl (C=O) groups is 2. The van der Waals surface area contributed by atoms with Crippen molar-refractivity contribution in [3.63, 3.8) is 0 Å². The Morgan fingerprint density at radius 3 is 2.59 bits per heavy atom. The van der Waals surface area contributed by atoms with E-state index in [-0.39, 0.29) is 19.2 Å². The average Bonchev–Trinajstić information content (AvgIpc) is 3.19. The Bertz CT molecular complexity index is 988.